The van der Waals surface area contributed by atoms with Crippen LogP contribution in [0.2, 0.25) is 0 Å². The van der Waals surface area contributed by atoms with E-state index in [9.17, 15) is 0 Å². The topological polar surface area (TPSA) is 60.3 Å². The third kappa shape index (κ3) is 3.95. The van der Waals surface area contributed by atoms with E-state index in [4.69, 9.17) is 19.4 Å². The fourth-order valence-corrected chi connectivity index (χ4v) is 2.28. The lowest BCUT2D eigenvalue weighted by Gasteiger charge is -2.18. The van der Waals surface area contributed by atoms with Gasteiger partial charge in [0.2, 0.25) is 0 Å². The molecule has 5 heteroatoms. The number of nitrogens with zero attached hydrogens (tertiary/aromatic N) is 1. The van der Waals surface area contributed by atoms with E-state index in [0.717, 1.165) is 36.3 Å². The van der Waals surface area contributed by atoms with Crippen LogP contribution in [0.25, 0.3) is 0 Å². The van der Waals surface area contributed by atoms with E-state index >= 15 is 0 Å². The highest BCUT2D eigenvalue weighted by Crippen LogP contribution is 2.25. The molecule has 1 aromatic rings. The second-order valence-corrected chi connectivity index (χ2v) is 4.67. The van der Waals surface area contributed by atoms with E-state index in [0.29, 0.717) is 26.4 Å². The highest BCUT2D eigenvalue weighted by molar-refractivity contribution is 6.02. The molecule has 0 amide bonds. The summed E-state index contributed by atoms with van der Waals surface area (Å²) < 4.78 is 15.9. The minimum Gasteiger partial charge on any atom is -0.491 e. The van der Waals surface area contributed by atoms with Crippen LogP contribution in [-0.4, -0.2) is 44.5 Å². The largest absolute Gasteiger partial charge is 0.491 e. The van der Waals surface area contributed by atoms with E-state index in [2.05, 4.69) is 5.16 Å². The predicted molar refractivity (Wildman–Crippen MR) is 75.9 cm³/mol. The van der Waals surface area contributed by atoms with Gasteiger partial charge in [0, 0.05) is 12.7 Å². The van der Waals surface area contributed by atoms with Gasteiger partial charge in [-0.15, -0.1) is 0 Å². The highest BCUT2D eigenvalue weighted by atomic mass is 16.5. The van der Waals surface area contributed by atoms with Crippen molar-refractivity contribution < 1.29 is 19.4 Å². The van der Waals surface area contributed by atoms with Crippen molar-refractivity contribution in [1.29, 1.82) is 0 Å². The summed E-state index contributed by atoms with van der Waals surface area (Å²) in [5, 5.41) is 12.4. The van der Waals surface area contributed by atoms with Crippen molar-refractivity contribution in [3.05, 3.63) is 29.3 Å². The zero-order valence-corrected chi connectivity index (χ0v) is 11.8. The molecule has 20 heavy (non-hydrogen) atoms. The Morgan fingerprint density at radius 3 is 2.80 bits per heavy atom. The molecule has 0 aliphatic heterocycles. The van der Waals surface area contributed by atoms with E-state index in [-0.39, 0.29) is 0 Å². The SMILES string of the molecule is COCCOCCOc1ccc2c(c1)/C(=N\O)CCC2. The molecule has 5 nitrogen and oxygen atoms in total. The van der Waals surface area contributed by atoms with Crippen LogP contribution < -0.4 is 4.74 Å². The Balaban J connectivity index is 1.87. The Morgan fingerprint density at radius 1 is 1.15 bits per heavy atom. The van der Waals surface area contributed by atoms with Crippen LogP contribution in [0.1, 0.15) is 24.0 Å². The number of fused-ring (bicyclic) bond motifs is 1. The quantitative estimate of drug-likeness (QED) is 0.472. The predicted octanol–water partition coefficient (Wildman–Crippen LogP) is 2.24. The molecule has 0 saturated heterocycles. The summed E-state index contributed by atoms with van der Waals surface area (Å²) in [6.07, 6.45) is 2.86. The van der Waals surface area contributed by atoms with E-state index < -0.39 is 0 Å². The maximum absolute atomic E-state index is 9.04. The zero-order chi connectivity index (χ0) is 14.2. The third-order valence-electron chi connectivity index (χ3n) is 3.30. The molecule has 0 radical (unpaired) electrons. The van der Waals surface area contributed by atoms with Gasteiger partial charge in [0.15, 0.2) is 0 Å². The molecule has 0 bridgehead atoms. The summed E-state index contributed by atoms with van der Waals surface area (Å²) in [6.45, 7) is 2.19. The molecule has 0 heterocycles. The highest BCUT2D eigenvalue weighted by Gasteiger charge is 2.16. The number of methoxy groups -OCH3 is 1. The number of hydrogen-bond donors (Lipinski definition) is 1. The molecule has 1 aliphatic carbocycles. The fraction of sp³-hybridized carbons (Fsp3) is 0.533. The monoisotopic (exact) mass is 279 g/mol. The number of hydrogen-bond acceptors (Lipinski definition) is 5. The summed E-state index contributed by atoms with van der Waals surface area (Å²) >= 11 is 0. The van der Waals surface area contributed by atoms with Crippen LogP contribution in [0.4, 0.5) is 0 Å². The van der Waals surface area contributed by atoms with Crippen LogP contribution in [0.3, 0.4) is 0 Å². The first-order chi connectivity index (χ1) is 9.85. The summed E-state index contributed by atoms with van der Waals surface area (Å²) in [4.78, 5) is 0. The first kappa shape index (κ1) is 14.8. The number of aryl methyl sites for hydroxylation is 1. The van der Waals surface area contributed by atoms with Crippen LogP contribution >= 0.6 is 0 Å². The summed E-state index contributed by atoms with van der Waals surface area (Å²) in [6, 6.07) is 5.94. The first-order valence-electron chi connectivity index (χ1n) is 6.89. The number of benzene rings is 1. The fourth-order valence-electron chi connectivity index (χ4n) is 2.28. The second-order valence-electron chi connectivity index (χ2n) is 4.67. The molecule has 0 unspecified atom stereocenters. The molecule has 2 rings (SSSR count). The lowest BCUT2D eigenvalue weighted by Crippen LogP contribution is -2.13. The number of rotatable bonds is 7. The van der Waals surface area contributed by atoms with E-state index in [1.165, 1.54) is 5.56 Å². The number of ether oxygens (including phenoxy) is 3. The van der Waals surface area contributed by atoms with Gasteiger partial charge in [0.1, 0.15) is 12.4 Å². The van der Waals surface area contributed by atoms with Gasteiger partial charge >= 0.3 is 0 Å². The third-order valence-corrected chi connectivity index (χ3v) is 3.30. The van der Waals surface area contributed by atoms with Crippen molar-refractivity contribution in [2.45, 2.75) is 19.3 Å². The normalized spacial score (nSPS) is 16.1. The first-order valence-corrected chi connectivity index (χ1v) is 6.89. The average Bonchev–Trinajstić information content (AvgIpc) is 2.50. The molecule has 1 N–H and O–H groups in total. The molecule has 0 atom stereocenters. The van der Waals surface area contributed by atoms with Crippen molar-refractivity contribution in [2.75, 3.05) is 33.5 Å². The lowest BCUT2D eigenvalue weighted by atomic mass is 9.90. The summed E-state index contributed by atoms with van der Waals surface area (Å²) in [7, 11) is 1.65. The number of oxime groups is 1. The maximum Gasteiger partial charge on any atom is 0.120 e. The van der Waals surface area contributed by atoms with Gasteiger partial charge in [-0.3, -0.25) is 0 Å². The lowest BCUT2D eigenvalue weighted by molar-refractivity contribution is 0.0544. The minimum atomic E-state index is 0.494. The average molecular weight is 279 g/mol. The smallest absolute Gasteiger partial charge is 0.120 e. The van der Waals surface area contributed by atoms with Crippen molar-refractivity contribution in [2.24, 2.45) is 5.16 Å². The second kappa shape index (κ2) is 7.87. The Bertz CT molecular complexity index is 459. The van der Waals surface area contributed by atoms with Gasteiger partial charge < -0.3 is 19.4 Å². The molecule has 0 saturated carbocycles. The Morgan fingerprint density at radius 2 is 2.00 bits per heavy atom. The van der Waals surface area contributed by atoms with Gasteiger partial charge in [-0.2, -0.15) is 0 Å². The Labute approximate surface area is 119 Å². The standard InChI is InChI=1S/C15H21NO4/c1-18-7-8-19-9-10-20-13-6-5-12-3-2-4-15(16-17)14(12)11-13/h5-6,11,17H,2-4,7-10H2,1H3/b16-15-. The van der Waals surface area contributed by atoms with Gasteiger partial charge in [0.25, 0.3) is 0 Å². The van der Waals surface area contributed by atoms with Gasteiger partial charge in [-0.25, -0.2) is 0 Å². The molecule has 1 aliphatic rings. The minimum absolute atomic E-state index is 0.494. The molecule has 1 aromatic carbocycles. The van der Waals surface area contributed by atoms with Crippen LogP contribution in [-0.2, 0) is 15.9 Å². The molecule has 0 aromatic heterocycles. The molecule has 0 spiro atoms. The molecular weight excluding hydrogens is 258 g/mol. The Kier molecular flexibility index (Phi) is 5.83. The van der Waals surface area contributed by atoms with Crippen LogP contribution in [0.15, 0.2) is 23.4 Å². The maximum atomic E-state index is 9.04. The van der Waals surface area contributed by atoms with Crippen LogP contribution in [0.5, 0.6) is 5.75 Å². The van der Waals surface area contributed by atoms with Crippen molar-refractivity contribution >= 4 is 5.71 Å². The van der Waals surface area contributed by atoms with Crippen molar-refractivity contribution in [3.8, 4) is 5.75 Å². The zero-order valence-electron chi connectivity index (χ0n) is 11.8. The van der Waals surface area contributed by atoms with Gasteiger partial charge in [-0.1, -0.05) is 11.2 Å². The van der Waals surface area contributed by atoms with Crippen molar-refractivity contribution in [1.82, 2.24) is 0 Å². The summed E-state index contributed by atoms with van der Waals surface area (Å²) in [5.41, 5.74) is 2.96. The van der Waals surface area contributed by atoms with E-state index in [1.54, 1.807) is 7.11 Å². The summed E-state index contributed by atoms with van der Waals surface area (Å²) in [5.74, 6) is 0.780. The van der Waals surface area contributed by atoms with Crippen LogP contribution in [0, 0.1) is 0 Å². The molecular formula is C15H21NO4. The molecule has 110 valence electrons. The Hall–Kier alpha value is -1.59. The molecule has 0 fully saturated rings. The van der Waals surface area contributed by atoms with E-state index in [1.807, 2.05) is 18.2 Å². The van der Waals surface area contributed by atoms with Gasteiger partial charge in [0.05, 0.1) is 25.5 Å². The van der Waals surface area contributed by atoms with Gasteiger partial charge in [-0.05, 0) is 37.0 Å². The van der Waals surface area contributed by atoms with Crippen molar-refractivity contribution in [3.63, 3.8) is 0 Å².